The number of likely N-dealkylation sites (N-methyl/N-ethyl adjacent to an activating group) is 1. The Labute approximate surface area is 168 Å². The van der Waals surface area contributed by atoms with Crippen molar-refractivity contribution < 1.29 is 14.0 Å². The summed E-state index contributed by atoms with van der Waals surface area (Å²) in [6.45, 7) is 3.24. The van der Waals surface area contributed by atoms with Gasteiger partial charge in [0.05, 0.1) is 17.5 Å². The number of alkyl halides is 1. The molecule has 2 aromatic heterocycles. The van der Waals surface area contributed by atoms with Gasteiger partial charge in [0.1, 0.15) is 5.82 Å². The van der Waals surface area contributed by atoms with E-state index >= 15 is 0 Å². The zero-order valence-corrected chi connectivity index (χ0v) is 16.9. The van der Waals surface area contributed by atoms with E-state index in [0.29, 0.717) is 35.6 Å². The molecule has 2 atom stereocenters. The Morgan fingerprint density at radius 3 is 2.93 bits per heavy atom. The average molecular weight is 400 g/mol. The Hall–Kier alpha value is -2.97. The first kappa shape index (κ1) is 19.4. The van der Waals surface area contributed by atoms with E-state index in [-0.39, 0.29) is 17.5 Å². The van der Waals surface area contributed by atoms with Gasteiger partial charge in [-0.05, 0) is 18.9 Å². The number of anilines is 1. The monoisotopic (exact) mass is 400 g/mol. The average Bonchev–Trinajstić information content (AvgIpc) is 3.29. The number of nitrogens with zero attached hydrogens (tertiary/aromatic N) is 5. The zero-order valence-electron chi connectivity index (χ0n) is 16.9. The molecule has 8 nitrogen and oxygen atoms in total. The number of hydrogen-bond donors (Lipinski definition) is 1. The van der Waals surface area contributed by atoms with Crippen LogP contribution in [0.2, 0.25) is 0 Å². The second kappa shape index (κ2) is 7.46. The molecule has 154 valence electrons. The number of carbonyl (C=O) groups excluding carboxylic acids is 2. The highest BCUT2D eigenvalue weighted by atomic mass is 19.1. The van der Waals surface area contributed by atoms with E-state index < -0.39 is 12.2 Å². The molecular formula is C20H25FN6O2. The highest BCUT2D eigenvalue weighted by Crippen LogP contribution is 2.36. The predicted molar refractivity (Wildman–Crippen MR) is 106 cm³/mol. The van der Waals surface area contributed by atoms with Crippen molar-refractivity contribution in [2.45, 2.75) is 38.5 Å². The van der Waals surface area contributed by atoms with Crippen LogP contribution in [0.25, 0.3) is 11.3 Å². The molecule has 2 aromatic rings. The summed E-state index contributed by atoms with van der Waals surface area (Å²) in [6, 6.07) is 1.72. The zero-order chi connectivity index (χ0) is 20.7. The van der Waals surface area contributed by atoms with Crippen molar-refractivity contribution in [1.82, 2.24) is 25.0 Å². The van der Waals surface area contributed by atoms with Crippen molar-refractivity contribution in [1.29, 1.82) is 0 Å². The topological polar surface area (TPSA) is 83.4 Å². The minimum Gasteiger partial charge on any atom is -0.355 e. The summed E-state index contributed by atoms with van der Waals surface area (Å²) >= 11 is 0. The predicted octanol–water partition coefficient (Wildman–Crippen LogP) is 2.03. The molecule has 2 aliphatic heterocycles. The molecule has 4 heterocycles. The van der Waals surface area contributed by atoms with Crippen LogP contribution in [0.3, 0.4) is 0 Å². The van der Waals surface area contributed by atoms with Gasteiger partial charge in [-0.15, -0.1) is 0 Å². The largest absolute Gasteiger partial charge is 0.355 e. The van der Waals surface area contributed by atoms with Gasteiger partial charge in [-0.2, -0.15) is 5.10 Å². The van der Waals surface area contributed by atoms with Crippen LogP contribution in [0.4, 0.5) is 10.2 Å². The van der Waals surface area contributed by atoms with Crippen LogP contribution < -0.4 is 10.2 Å². The van der Waals surface area contributed by atoms with Crippen LogP contribution in [0, 0.1) is 0 Å². The molecule has 1 saturated heterocycles. The first-order chi connectivity index (χ1) is 13.9. The van der Waals surface area contributed by atoms with Gasteiger partial charge in [0.25, 0.3) is 5.91 Å². The molecule has 1 N–H and O–H groups in total. The smallest absolute Gasteiger partial charge is 0.256 e. The number of rotatable bonds is 4. The molecule has 0 saturated carbocycles. The van der Waals surface area contributed by atoms with Crippen LogP contribution >= 0.6 is 0 Å². The molecule has 29 heavy (non-hydrogen) atoms. The SMILES string of the molecule is CCC(=O)N1CCCC(N(C)c2cc3c(c(-c4cnn(C)c4)n2)C(=O)NC3F)C1. The summed E-state index contributed by atoms with van der Waals surface area (Å²) in [4.78, 5) is 33.1. The third-order valence-corrected chi connectivity index (χ3v) is 5.73. The molecule has 2 amide bonds. The Bertz CT molecular complexity index is 958. The number of nitrogens with one attached hydrogen (secondary N) is 1. The maximum absolute atomic E-state index is 14.5. The van der Waals surface area contributed by atoms with Gasteiger partial charge in [0.2, 0.25) is 5.91 Å². The second-order valence-corrected chi connectivity index (χ2v) is 7.63. The fourth-order valence-corrected chi connectivity index (χ4v) is 4.10. The molecule has 4 rings (SSSR count). The van der Waals surface area contributed by atoms with Gasteiger partial charge < -0.3 is 15.1 Å². The fraction of sp³-hybridized carbons (Fsp3) is 0.500. The molecule has 0 radical (unpaired) electrons. The summed E-state index contributed by atoms with van der Waals surface area (Å²) in [5.74, 6) is 0.252. The van der Waals surface area contributed by atoms with Crippen LogP contribution in [-0.2, 0) is 11.8 Å². The first-order valence-corrected chi connectivity index (χ1v) is 9.88. The first-order valence-electron chi connectivity index (χ1n) is 9.88. The number of pyridine rings is 1. The molecule has 0 aromatic carbocycles. The lowest BCUT2D eigenvalue weighted by atomic mass is 10.0. The van der Waals surface area contributed by atoms with E-state index in [1.165, 1.54) is 0 Å². The standard InChI is InChI=1S/C20H25FN6O2/c1-4-16(28)27-7-5-6-13(11-27)26(3)15-8-14-17(20(29)24-19(14)21)18(23-15)12-9-22-25(2)10-12/h8-10,13,19H,4-7,11H2,1-3H3,(H,24,29). The number of fused-ring (bicyclic) bond motifs is 1. The van der Waals surface area contributed by atoms with Gasteiger partial charge in [0, 0.05) is 57.0 Å². The number of carbonyl (C=O) groups is 2. The van der Waals surface area contributed by atoms with Crippen molar-refractivity contribution in [2.24, 2.45) is 7.05 Å². The Kier molecular flexibility index (Phi) is 4.97. The highest BCUT2D eigenvalue weighted by Gasteiger charge is 2.35. The minimum atomic E-state index is -1.56. The van der Waals surface area contributed by atoms with Crippen molar-refractivity contribution in [3.05, 3.63) is 29.6 Å². The van der Waals surface area contributed by atoms with Crippen LogP contribution in [-0.4, -0.2) is 57.7 Å². The van der Waals surface area contributed by atoms with Gasteiger partial charge in [0.15, 0.2) is 6.30 Å². The number of hydrogen-bond acceptors (Lipinski definition) is 5. The van der Waals surface area contributed by atoms with Crippen molar-refractivity contribution in [2.75, 3.05) is 25.0 Å². The van der Waals surface area contributed by atoms with E-state index in [4.69, 9.17) is 4.98 Å². The molecule has 0 spiro atoms. The molecule has 2 aliphatic rings. The number of piperidine rings is 1. The van der Waals surface area contributed by atoms with Crippen LogP contribution in [0.15, 0.2) is 18.5 Å². The van der Waals surface area contributed by atoms with E-state index in [2.05, 4.69) is 10.4 Å². The maximum Gasteiger partial charge on any atom is 0.256 e. The number of halogens is 1. The number of aryl methyl sites for hydroxylation is 1. The van der Waals surface area contributed by atoms with Crippen LogP contribution in [0.5, 0.6) is 0 Å². The van der Waals surface area contributed by atoms with Gasteiger partial charge in [-0.1, -0.05) is 6.92 Å². The van der Waals surface area contributed by atoms with Crippen molar-refractivity contribution in [3.63, 3.8) is 0 Å². The molecule has 9 heteroatoms. The van der Waals surface area contributed by atoms with E-state index in [1.807, 2.05) is 23.8 Å². The second-order valence-electron chi connectivity index (χ2n) is 7.63. The number of amides is 2. The summed E-state index contributed by atoms with van der Waals surface area (Å²) in [5.41, 5.74) is 1.64. The Balaban J connectivity index is 1.72. The lowest BCUT2D eigenvalue weighted by molar-refractivity contribution is -0.132. The van der Waals surface area contributed by atoms with E-state index in [9.17, 15) is 14.0 Å². The summed E-state index contributed by atoms with van der Waals surface area (Å²) < 4.78 is 16.1. The highest BCUT2D eigenvalue weighted by molar-refractivity contribution is 6.04. The molecule has 0 bridgehead atoms. The minimum absolute atomic E-state index is 0.0784. The summed E-state index contributed by atoms with van der Waals surface area (Å²) in [5, 5.41) is 6.49. The molecule has 0 aliphatic carbocycles. The summed E-state index contributed by atoms with van der Waals surface area (Å²) in [6.07, 6.45) is 4.12. The molecule has 1 fully saturated rings. The third kappa shape index (κ3) is 3.45. The molecular weight excluding hydrogens is 375 g/mol. The van der Waals surface area contributed by atoms with Gasteiger partial charge in [-0.3, -0.25) is 14.3 Å². The lowest BCUT2D eigenvalue weighted by Crippen LogP contribution is -2.48. The quantitative estimate of drug-likeness (QED) is 0.794. The van der Waals surface area contributed by atoms with Gasteiger partial charge >= 0.3 is 0 Å². The number of likely N-dealkylation sites (tertiary alicyclic amines) is 1. The third-order valence-electron chi connectivity index (χ3n) is 5.73. The van der Waals surface area contributed by atoms with E-state index in [0.717, 1.165) is 19.4 Å². The fourth-order valence-electron chi connectivity index (χ4n) is 4.10. The number of aromatic nitrogens is 3. The summed E-state index contributed by atoms with van der Waals surface area (Å²) in [7, 11) is 3.68. The van der Waals surface area contributed by atoms with E-state index in [1.54, 1.807) is 30.2 Å². The normalized spacial score (nSPS) is 21.1. The van der Waals surface area contributed by atoms with Gasteiger partial charge in [-0.25, -0.2) is 9.37 Å². The van der Waals surface area contributed by atoms with Crippen LogP contribution in [0.1, 0.15) is 48.4 Å². The molecule has 2 unspecified atom stereocenters. The maximum atomic E-state index is 14.5. The lowest BCUT2D eigenvalue weighted by Gasteiger charge is -2.38. The van der Waals surface area contributed by atoms with Crippen molar-refractivity contribution >= 4 is 17.6 Å². The Morgan fingerprint density at radius 1 is 1.45 bits per heavy atom. The Morgan fingerprint density at radius 2 is 2.24 bits per heavy atom. The van der Waals surface area contributed by atoms with Crippen molar-refractivity contribution in [3.8, 4) is 11.3 Å².